The molecular weight excluding hydrogens is 375 g/mol. The number of morpholine rings is 1. The highest BCUT2D eigenvalue weighted by Crippen LogP contribution is 2.36. The zero-order valence-electron chi connectivity index (χ0n) is 14.6. The Morgan fingerprint density at radius 1 is 1.18 bits per heavy atom. The van der Waals surface area contributed by atoms with Gasteiger partial charge in [0.25, 0.3) is 5.91 Å². The van der Waals surface area contributed by atoms with Crippen LogP contribution in [0.25, 0.3) is 16.9 Å². The molecule has 1 aliphatic rings. The molecule has 1 fully saturated rings. The van der Waals surface area contributed by atoms with E-state index in [-0.39, 0.29) is 22.5 Å². The van der Waals surface area contributed by atoms with Crippen molar-refractivity contribution in [1.82, 2.24) is 14.6 Å². The summed E-state index contributed by atoms with van der Waals surface area (Å²) in [5, 5.41) is 4.42. The molecular formula is C18H16F3N5O2. The number of hydrogen-bond donors (Lipinski definition) is 1. The van der Waals surface area contributed by atoms with Crippen LogP contribution in [0.5, 0.6) is 0 Å². The van der Waals surface area contributed by atoms with Crippen molar-refractivity contribution in [2.75, 3.05) is 31.2 Å². The minimum absolute atomic E-state index is 0.0575. The molecule has 4 rings (SSSR count). The number of hydrogen-bond acceptors (Lipinski definition) is 5. The van der Waals surface area contributed by atoms with Gasteiger partial charge in [0.1, 0.15) is 0 Å². The first kappa shape index (κ1) is 18.2. The summed E-state index contributed by atoms with van der Waals surface area (Å²) in [6.45, 7) is 2.18. The van der Waals surface area contributed by atoms with E-state index in [1.54, 1.807) is 0 Å². The van der Waals surface area contributed by atoms with Gasteiger partial charge in [0.15, 0.2) is 11.5 Å². The van der Waals surface area contributed by atoms with Crippen LogP contribution >= 0.6 is 0 Å². The Balaban J connectivity index is 1.87. The van der Waals surface area contributed by atoms with E-state index in [1.165, 1.54) is 35.0 Å². The van der Waals surface area contributed by atoms with Gasteiger partial charge in [-0.2, -0.15) is 13.2 Å². The molecule has 1 aromatic carbocycles. The third-order valence-electron chi connectivity index (χ3n) is 4.52. The van der Waals surface area contributed by atoms with E-state index in [9.17, 15) is 18.0 Å². The van der Waals surface area contributed by atoms with Gasteiger partial charge in [0, 0.05) is 18.7 Å². The van der Waals surface area contributed by atoms with Crippen LogP contribution in [-0.2, 0) is 10.9 Å². The fraction of sp³-hybridized carbons (Fsp3) is 0.278. The van der Waals surface area contributed by atoms with Crippen molar-refractivity contribution in [3.8, 4) is 11.3 Å². The number of carbonyl (C=O) groups is 1. The van der Waals surface area contributed by atoms with Gasteiger partial charge in [-0.25, -0.2) is 9.50 Å². The third-order valence-corrected chi connectivity index (χ3v) is 4.52. The molecule has 7 nitrogen and oxygen atoms in total. The quantitative estimate of drug-likeness (QED) is 0.741. The number of benzene rings is 1. The lowest BCUT2D eigenvalue weighted by atomic mass is 10.1. The smallest absolute Gasteiger partial charge is 0.378 e. The molecule has 146 valence electrons. The molecule has 3 aromatic rings. The normalized spacial score (nSPS) is 15.2. The molecule has 3 heterocycles. The van der Waals surface area contributed by atoms with Gasteiger partial charge in [0.2, 0.25) is 0 Å². The molecule has 2 N–H and O–H groups in total. The van der Waals surface area contributed by atoms with Gasteiger partial charge in [-0.15, -0.1) is 5.10 Å². The van der Waals surface area contributed by atoms with Crippen LogP contribution in [0.15, 0.2) is 36.5 Å². The van der Waals surface area contributed by atoms with Crippen molar-refractivity contribution in [2.24, 2.45) is 5.73 Å². The summed E-state index contributed by atoms with van der Waals surface area (Å²) in [6.07, 6.45) is -3.17. The number of halogens is 3. The summed E-state index contributed by atoms with van der Waals surface area (Å²) in [7, 11) is 0. The minimum Gasteiger partial charge on any atom is -0.378 e. The van der Waals surface area contributed by atoms with Crippen molar-refractivity contribution in [3.63, 3.8) is 0 Å². The Kier molecular flexibility index (Phi) is 4.42. The van der Waals surface area contributed by atoms with Crippen LogP contribution in [0.3, 0.4) is 0 Å². The molecule has 0 bridgehead atoms. The first-order valence-corrected chi connectivity index (χ1v) is 8.54. The van der Waals surface area contributed by atoms with E-state index in [4.69, 9.17) is 10.5 Å². The average molecular weight is 391 g/mol. The van der Waals surface area contributed by atoms with Crippen LogP contribution in [0, 0.1) is 0 Å². The molecule has 28 heavy (non-hydrogen) atoms. The Morgan fingerprint density at radius 3 is 2.57 bits per heavy atom. The largest absolute Gasteiger partial charge is 0.417 e. The van der Waals surface area contributed by atoms with Crippen LogP contribution in [0.2, 0.25) is 0 Å². The van der Waals surface area contributed by atoms with Crippen molar-refractivity contribution in [1.29, 1.82) is 0 Å². The number of anilines is 1. The number of imidazole rings is 1. The second kappa shape index (κ2) is 6.79. The Hall–Kier alpha value is -3.14. The Morgan fingerprint density at radius 2 is 1.89 bits per heavy atom. The second-order valence-electron chi connectivity index (χ2n) is 6.32. The van der Waals surface area contributed by atoms with Gasteiger partial charge in [-0.1, -0.05) is 18.2 Å². The first-order chi connectivity index (χ1) is 13.3. The fourth-order valence-corrected chi connectivity index (χ4v) is 3.18. The van der Waals surface area contributed by atoms with Crippen LogP contribution in [0.1, 0.15) is 15.9 Å². The zero-order chi connectivity index (χ0) is 19.9. The Labute approximate surface area is 157 Å². The predicted octanol–water partition coefficient (Wildman–Crippen LogP) is 2.35. The number of fused-ring (bicyclic) bond motifs is 1. The molecule has 0 atom stereocenters. The number of amides is 1. The molecule has 10 heteroatoms. The Bertz CT molecular complexity index is 1040. The predicted molar refractivity (Wildman–Crippen MR) is 95.0 cm³/mol. The molecule has 1 amide bonds. The second-order valence-corrected chi connectivity index (χ2v) is 6.32. The van der Waals surface area contributed by atoms with Crippen molar-refractivity contribution in [3.05, 3.63) is 47.7 Å². The molecule has 0 spiro atoms. The summed E-state index contributed by atoms with van der Waals surface area (Å²) >= 11 is 0. The van der Waals surface area contributed by atoms with Crippen LogP contribution in [-0.4, -0.2) is 46.8 Å². The maximum atomic E-state index is 13.4. The van der Waals surface area contributed by atoms with E-state index < -0.39 is 17.6 Å². The topological polar surface area (TPSA) is 85.8 Å². The molecule has 0 radical (unpaired) electrons. The van der Waals surface area contributed by atoms with Gasteiger partial charge in [-0.3, -0.25) is 4.79 Å². The highest BCUT2D eigenvalue weighted by molar-refractivity contribution is 5.99. The lowest BCUT2D eigenvalue weighted by Gasteiger charge is -2.27. The fourth-order valence-electron chi connectivity index (χ4n) is 3.18. The highest BCUT2D eigenvalue weighted by atomic mass is 19.4. The molecule has 0 aliphatic carbocycles. The first-order valence-electron chi connectivity index (χ1n) is 8.54. The number of carbonyl (C=O) groups excluding carboxylic acids is 1. The van der Waals surface area contributed by atoms with E-state index in [0.717, 1.165) is 6.07 Å². The van der Waals surface area contributed by atoms with E-state index in [1.807, 2.05) is 4.90 Å². The van der Waals surface area contributed by atoms with Gasteiger partial charge in [-0.05, 0) is 12.1 Å². The summed E-state index contributed by atoms with van der Waals surface area (Å²) in [5.74, 6) is -0.249. The van der Waals surface area contributed by atoms with Crippen molar-refractivity contribution < 1.29 is 22.7 Å². The molecule has 2 aromatic heterocycles. The number of nitrogens with two attached hydrogens (primary N) is 1. The highest BCUT2D eigenvalue weighted by Gasteiger charge is 2.34. The van der Waals surface area contributed by atoms with E-state index in [2.05, 4.69) is 10.1 Å². The number of alkyl halides is 3. The van der Waals surface area contributed by atoms with Gasteiger partial charge >= 0.3 is 6.18 Å². The molecule has 0 saturated carbocycles. The monoisotopic (exact) mass is 391 g/mol. The lowest BCUT2D eigenvalue weighted by Crippen LogP contribution is -2.37. The number of nitrogens with zero attached hydrogens (tertiary/aromatic N) is 4. The summed E-state index contributed by atoms with van der Waals surface area (Å²) in [5.41, 5.74) is 4.83. The van der Waals surface area contributed by atoms with Gasteiger partial charge < -0.3 is 15.4 Å². The molecule has 1 saturated heterocycles. The molecule has 0 unspecified atom stereocenters. The van der Waals surface area contributed by atoms with Crippen molar-refractivity contribution in [2.45, 2.75) is 6.18 Å². The third kappa shape index (κ3) is 3.26. The number of ether oxygens (including phenoxy) is 1. The summed E-state index contributed by atoms with van der Waals surface area (Å²) in [6, 6.07) is 6.63. The SMILES string of the molecule is NC(=O)c1cc(N2CCOCC2)nn2cc(-c3ccccc3C(F)(F)F)nc12. The van der Waals surface area contributed by atoms with Crippen LogP contribution < -0.4 is 10.6 Å². The lowest BCUT2D eigenvalue weighted by molar-refractivity contribution is -0.137. The van der Waals surface area contributed by atoms with E-state index >= 15 is 0 Å². The molecule has 1 aliphatic heterocycles. The summed E-state index contributed by atoms with van der Waals surface area (Å²) < 4.78 is 46.7. The number of rotatable bonds is 3. The minimum atomic E-state index is -4.54. The maximum Gasteiger partial charge on any atom is 0.417 e. The van der Waals surface area contributed by atoms with Gasteiger partial charge in [0.05, 0.1) is 36.2 Å². The number of primary amides is 1. The summed E-state index contributed by atoms with van der Waals surface area (Å²) in [4.78, 5) is 18.1. The average Bonchev–Trinajstić information content (AvgIpc) is 3.11. The van der Waals surface area contributed by atoms with Crippen molar-refractivity contribution >= 4 is 17.4 Å². The zero-order valence-corrected chi connectivity index (χ0v) is 14.6. The number of aromatic nitrogens is 3. The van der Waals surface area contributed by atoms with E-state index in [0.29, 0.717) is 32.1 Å². The standard InChI is InChI=1S/C18H16F3N5O2/c19-18(20,21)13-4-2-1-3-11(13)14-10-26-17(23-14)12(16(22)27)9-15(24-26)25-5-7-28-8-6-25/h1-4,9-10H,5-8H2,(H2,22,27). The maximum absolute atomic E-state index is 13.4. The van der Waals surface area contributed by atoms with Crippen LogP contribution in [0.4, 0.5) is 19.0 Å².